The highest BCUT2D eigenvalue weighted by Crippen LogP contribution is 2.23. The van der Waals surface area contributed by atoms with Gasteiger partial charge in [-0.2, -0.15) is 0 Å². The Bertz CT molecular complexity index is 77.3. The Morgan fingerprint density at radius 2 is 2.00 bits per heavy atom. The first-order valence-electron chi connectivity index (χ1n) is 4.29. The average molecular weight is 142 g/mol. The predicted molar refractivity (Wildman–Crippen MR) is 43.9 cm³/mol. The van der Waals surface area contributed by atoms with Gasteiger partial charge in [0.2, 0.25) is 0 Å². The fourth-order valence-corrected chi connectivity index (χ4v) is 1.62. The molecule has 60 valence electrons. The second-order valence-corrected chi connectivity index (χ2v) is 3.13. The van der Waals surface area contributed by atoms with Gasteiger partial charge in [-0.15, -0.1) is 0 Å². The highest BCUT2D eigenvalue weighted by molar-refractivity contribution is 4.68. The summed E-state index contributed by atoms with van der Waals surface area (Å²) in [6.07, 6.45) is 5.78. The third-order valence-electron chi connectivity index (χ3n) is 2.21. The van der Waals surface area contributed by atoms with Gasteiger partial charge in [0, 0.05) is 6.67 Å². The molecular formula is C8H18N2. The van der Waals surface area contributed by atoms with Crippen LogP contribution in [0.15, 0.2) is 0 Å². The molecular weight excluding hydrogens is 124 g/mol. The Balaban J connectivity index is 1.91. The molecule has 1 aliphatic carbocycles. The summed E-state index contributed by atoms with van der Waals surface area (Å²) in [5, 5.41) is 6.45. The zero-order chi connectivity index (χ0) is 7.23. The molecule has 2 N–H and O–H groups in total. The zero-order valence-electron chi connectivity index (χ0n) is 6.82. The van der Waals surface area contributed by atoms with Gasteiger partial charge in [-0.25, -0.2) is 0 Å². The van der Waals surface area contributed by atoms with E-state index >= 15 is 0 Å². The molecule has 1 fully saturated rings. The minimum atomic E-state index is 0.955. The van der Waals surface area contributed by atoms with E-state index in [4.69, 9.17) is 0 Å². The molecule has 0 aromatic carbocycles. The number of hydrogen-bond acceptors (Lipinski definition) is 2. The number of rotatable bonds is 4. The first kappa shape index (κ1) is 8.02. The van der Waals surface area contributed by atoms with Gasteiger partial charge in [0.25, 0.3) is 0 Å². The maximum Gasteiger partial charge on any atom is 0.0451 e. The molecule has 0 saturated heterocycles. The monoisotopic (exact) mass is 142 g/mol. The van der Waals surface area contributed by atoms with Crippen LogP contribution in [0, 0.1) is 5.92 Å². The minimum Gasteiger partial charge on any atom is -0.308 e. The summed E-state index contributed by atoms with van der Waals surface area (Å²) in [6, 6.07) is 0. The van der Waals surface area contributed by atoms with Gasteiger partial charge >= 0.3 is 0 Å². The van der Waals surface area contributed by atoms with Crippen LogP contribution in [0.4, 0.5) is 0 Å². The predicted octanol–water partition coefficient (Wildman–Crippen LogP) is 0.943. The van der Waals surface area contributed by atoms with Crippen LogP contribution in [0.2, 0.25) is 0 Å². The van der Waals surface area contributed by atoms with Crippen molar-refractivity contribution in [3.05, 3.63) is 0 Å². The summed E-state index contributed by atoms with van der Waals surface area (Å²) in [7, 11) is 1.97. The minimum absolute atomic E-state index is 0.955. The molecule has 0 unspecified atom stereocenters. The van der Waals surface area contributed by atoms with E-state index in [1.165, 1.54) is 32.2 Å². The standard InChI is InChI=1S/C8H18N2/c1-9-7-10-6-8-4-2-3-5-8/h8-10H,2-7H2,1H3. The van der Waals surface area contributed by atoms with E-state index in [0.717, 1.165) is 12.6 Å². The normalized spacial score (nSPS) is 20.1. The maximum atomic E-state index is 3.37. The van der Waals surface area contributed by atoms with Gasteiger partial charge in [0.15, 0.2) is 0 Å². The van der Waals surface area contributed by atoms with E-state index in [-0.39, 0.29) is 0 Å². The lowest BCUT2D eigenvalue weighted by atomic mass is 10.1. The lowest BCUT2D eigenvalue weighted by Crippen LogP contribution is -2.29. The van der Waals surface area contributed by atoms with E-state index in [1.807, 2.05) is 7.05 Å². The first-order chi connectivity index (χ1) is 4.93. The van der Waals surface area contributed by atoms with Crippen LogP contribution in [-0.2, 0) is 0 Å². The van der Waals surface area contributed by atoms with Crippen LogP contribution in [0.25, 0.3) is 0 Å². The van der Waals surface area contributed by atoms with E-state index in [0.29, 0.717) is 0 Å². The van der Waals surface area contributed by atoms with Crippen molar-refractivity contribution >= 4 is 0 Å². The van der Waals surface area contributed by atoms with E-state index in [9.17, 15) is 0 Å². The number of nitrogens with one attached hydrogen (secondary N) is 2. The molecule has 0 aliphatic heterocycles. The maximum absolute atomic E-state index is 3.37. The van der Waals surface area contributed by atoms with Crippen LogP contribution < -0.4 is 10.6 Å². The van der Waals surface area contributed by atoms with Gasteiger partial charge in [-0.3, -0.25) is 0 Å². The Labute approximate surface area is 63.4 Å². The average Bonchev–Trinajstić information content (AvgIpc) is 2.41. The summed E-state index contributed by atoms with van der Waals surface area (Å²) < 4.78 is 0. The molecule has 0 bridgehead atoms. The van der Waals surface area contributed by atoms with Crippen molar-refractivity contribution in [3.63, 3.8) is 0 Å². The van der Waals surface area contributed by atoms with E-state index < -0.39 is 0 Å². The molecule has 2 heteroatoms. The third kappa shape index (κ3) is 2.67. The van der Waals surface area contributed by atoms with Crippen LogP contribution >= 0.6 is 0 Å². The van der Waals surface area contributed by atoms with Crippen LogP contribution in [0.3, 0.4) is 0 Å². The fourth-order valence-electron chi connectivity index (χ4n) is 1.62. The van der Waals surface area contributed by atoms with Crippen molar-refractivity contribution < 1.29 is 0 Å². The molecule has 0 aromatic rings. The largest absolute Gasteiger partial charge is 0.308 e. The van der Waals surface area contributed by atoms with Gasteiger partial charge in [0.1, 0.15) is 0 Å². The molecule has 0 atom stereocenters. The molecule has 0 amide bonds. The lowest BCUT2D eigenvalue weighted by molar-refractivity contribution is 0.479. The summed E-state index contributed by atoms with van der Waals surface area (Å²) >= 11 is 0. The van der Waals surface area contributed by atoms with Crippen molar-refractivity contribution in [1.29, 1.82) is 0 Å². The highest BCUT2D eigenvalue weighted by atomic mass is 15.0. The molecule has 0 radical (unpaired) electrons. The Kier molecular flexibility index (Phi) is 3.76. The van der Waals surface area contributed by atoms with E-state index in [2.05, 4.69) is 10.6 Å². The van der Waals surface area contributed by atoms with Gasteiger partial charge < -0.3 is 10.6 Å². The van der Waals surface area contributed by atoms with Gasteiger partial charge in [-0.1, -0.05) is 12.8 Å². The molecule has 2 nitrogen and oxygen atoms in total. The fraction of sp³-hybridized carbons (Fsp3) is 1.00. The SMILES string of the molecule is CNCNCC1CCCC1. The second-order valence-electron chi connectivity index (χ2n) is 3.13. The first-order valence-corrected chi connectivity index (χ1v) is 4.29. The Hall–Kier alpha value is -0.0800. The van der Waals surface area contributed by atoms with Gasteiger partial charge in [-0.05, 0) is 32.4 Å². The molecule has 1 saturated carbocycles. The van der Waals surface area contributed by atoms with Crippen molar-refractivity contribution in [3.8, 4) is 0 Å². The van der Waals surface area contributed by atoms with Crippen LogP contribution in [-0.4, -0.2) is 20.3 Å². The number of hydrogen-bond donors (Lipinski definition) is 2. The second kappa shape index (κ2) is 4.69. The summed E-state index contributed by atoms with van der Waals surface area (Å²) in [5.41, 5.74) is 0. The van der Waals surface area contributed by atoms with Crippen LogP contribution in [0.5, 0.6) is 0 Å². The third-order valence-corrected chi connectivity index (χ3v) is 2.21. The van der Waals surface area contributed by atoms with Crippen molar-refractivity contribution in [2.45, 2.75) is 25.7 Å². The smallest absolute Gasteiger partial charge is 0.0451 e. The molecule has 0 spiro atoms. The Morgan fingerprint density at radius 1 is 1.30 bits per heavy atom. The molecule has 10 heavy (non-hydrogen) atoms. The lowest BCUT2D eigenvalue weighted by Gasteiger charge is -2.08. The Morgan fingerprint density at radius 3 is 2.60 bits per heavy atom. The van der Waals surface area contributed by atoms with Crippen molar-refractivity contribution in [1.82, 2.24) is 10.6 Å². The van der Waals surface area contributed by atoms with Gasteiger partial charge in [0.05, 0.1) is 0 Å². The van der Waals surface area contributed by atoms with Crippen molar-refractivity contribution in [2.24, 2.45) is 5.92 Å². The quantitative estimate of drug-likeness (QED) is 0.451. The summed E-state index contributed by atoms with van der Waals surface area (Å²) in [4.78, 5) is 0. The molecule has 1 aliphatic rings. The van der Waals surface area contributed by atoms with Crippen molar-refractivity contribution in [2.75, 3.05) is 20.3 Å². The summed E-state index contributed by atoms with van der Waals surface area (Å²) in [5.74, 6) is 0.966. The van der Waals surface area contributed by atoms with E-state index in [1.54, 1.807) is 0 Å². The molecule has 1 rings (SSSR count). The zero-order valence-corrected chi connectivity index (χ0v) is 6.82. The summed E-state index contributed by atoms with van der Waals surface area (Å²) in [6.45, 7) is 2.16. The highest BCUT2D eigenvalue weighted by Gasteiger charge is 2.13. The van der Waals surface area contributed by atoms with Crippen LogP contribution in [0.1, 0.15) is 25.7 Å². The molecule has 0 heterocycles. The molecule has 0 aromatic heterocycles. The topological polar surface area (TPSA) is 24.1 Å².